The first kappa shape index (κ1) is 22.9. The van der Waals surface area contributed by atoms with E-state index in [0.717, 1.165) is 0 Å². The second-order valence-corrected chi connectivity index (χ2v) is 6.44. The van der Waals surface area contributed by atoms with Gasteiger partial charge in [-0.1, -0.05) is 23.7 Å². The Bertz CT molecular complexity index is 914. The van der Waals surface area contributed by atoms with E-state index >= 15 is 0 Å². The Kier molecular flexibility index (Phi) is 8.83. The van der Waals surface area contributed by atoms with Crippen molar-refractivity contribution in [1.82, 2.24) is 0 Å². The zero-order valence-corrected chi connectivity index (χ0v) is 17.0. The summed E-state index contributed by atoms with van der Waals surface area (Å²) in [7, 11) is 0. The van der Waals surface area contributed by atoms with E-state index in [9.17, 15) is 19.2 Å². The van der Waals surface area contributed by atoms with Crippen LogP contribution in [0.2, 0.25) is 5.02 Å². The van der Waals surface area contributed by atoms with Crippen LogP contribution < -0.4 is 10.6 Å². The molecule has 2 aromatic carbocycles. The molecule has 0 spiro atoms. The van der Waals surface area contributed by atoms with Gasteiger partial charge in [0.1, 0.15) is 0 Å². The fourth-order valence-electron chi connectivity index (χ4n) is 2.31. The minimum atomic E-state index is -0.683. The van der Waals surface area contributed by atoms with Crippen LogP contribution in [0.4, 0.5) is 11.4 Å². The van der Waals surface area contributed by atoms with Crippen molar-refractivity contribution in [3.8, 4) is 0 Å². The number of nitrogens with one attached hydrogen (secondary N) is 2. The Hall–Kier alpha value is -3.39. The van der Waals surface area contributed by atoms with Crippen LogP contribution in [0.3, 0.4) is 0 Å². The van der Waals surface area contributed by atoms with Crippen molar-refractivity contribution in [2.24, 2.45) is 0 Å². The second-order valence-electron chi connectivity index (χ2n) is 6.03. The number of para-hydroxylation sites is 1. The molecule has 2 N–H and O–H groups in total. The van der Waals surface area contributed by atoms with E-state index in [-0.39, 0.29) is 19.4 Å². The van der Waals surface area contributed by atoms with Gasteiger partial charge in [-0.3, -0.25) is 14.4 Å². The molecule has 0 aliphatic carbocycles. The highest BCUT2D eigenvalue weighted by atomic mass is 35.5. The Labute approximate surface area is 178 Å². The van der Waals surface area contributed by atoms with Gasteiger partial charge in [-0.15, -0.1) is 0 Å². The van der Waals surface area contributed by atoms with E-state index in [1.807, 2.05) is 0 Å². The third-order valence-corrected chi connectivity index (χ3v) is 4.08. The molecule has 0 radical (unpaired) electrons. The number of carbonyl (C=O) groups is 4. The van der Waals surface area contributed by atoms with Crippen molar-refractivity contribution in [1.29, 1.82) is 0 Å². The molecule has 0 aliphatic heterocycles. The molecule has 0 aliphatic rings. The molecule has 0 fully saturated rings. The van der Waals surface area contributed by atoms with Crippen molar-refractivity contribution < 1.29 is 28.7 Å². The molecule has 0 saturated heterocycles. The molecule has 2 amide bonds. The van der Waals surface area contributed by atoms with E-state index in [1.54, 1.807) is 31.2 Å². The maximum atomic E-state index is 11.9. The molecule has 0 unspecified atom stereocenters. The van der Waals surface area contributed by atoms with Crippen LogP contribution in [0.1, 0.15) is 30.1 Å². The minimum absolute atomic E-state index is 0.110. The van der Waals surface area contributed by atoms with Crippen LogP contribution in [-0.2, 0) is 23.9 Å². The van der Waals surface area contributed by atoms with Crippen LogP contribution in [-0.4, -0.2) is 37.0 Å². The van der Waals surface area contributed by atoms with Crippen molar-refractivity contribution in [3.05, 3.63) is 59.1 Å². The van der Waals surface area contributed by atoms with Crippen molar-refractivity contribution in [3.63, 3.8) is 0 Å². The topological polar surface area (TPSA) is 111 Å². The molecule has 2 aromatic rings. The predicted molar refractivity (Wildman–Crippen MR) is 111 cm³/mol. The lowest BCUT2D eigenvalue weighted by Gasteiger charge is -2.08. The third-order valence-electron chi connectivity index (χ3n) is 3.75. The van der Waals surface area contributed by atoms with Gasteiger partial charge in [0.05, 0.1) is 29.3 Å². The second kappa shape index (κ2) is 11.6. The fraction of sp³-hybridized carbons (Fsp3) is 0.238. The maximum Gasteiger partial charge on any atom is 0.338 e. The highest BCUT2D eigenvalue weighted by molar-refractivity contribution is 6.33. The monoisotopic (exact) mass is 432 g/mol. The van der Waals surface area contributed by atoms with Crippen molar-refractivity contribution in [2.75, 3.05) is 23.8 Å². The number of carbonyl (C=O) groups excluding carboxylic acids is 4. The molecule has 0 bridgehead atoms. The van der Waals surface area contributed by atoms with Crippen LogP contribution in [0, 0.1) is 0 Å². The average molecular weight is 433 g/mol. The van der Waals surface area contributed by atoms with Gasteiger partial charge in [-0.25, -0.2) is 4.79 Å². The molecule has 0 saturated carbocycles. The molecule has 9 heteroatoms. The third kappa shape index (κ3) is 7.56. The minimum Gasteiger partial charge on any atom is -0.462 e. The Morgan fingerprint density at radius 2 is 1.57 bits per heavy atom. The molecule has 8 nitrogen and oxygen atoms in total. The van der Waals surface area contributed by atoms with Crippen molar-refractivity contribution >= 4 is 46.7 Å². The van der Waals surface area contributed by atoms with Crippen LogP contribution in [0.5, 0.6) is 0 Å². The van der Waals surface area contributed by atoms with Crippen LogP contribution >= 0.6 is 11.6 Å². The van der Waals surface area contributed by atoms with Gasteiger partial charge in [0.15, 0.2) is 6.61 Å². The summed E-state index contributed by atoms with van der Waals surface area (Å²) in [6.45, 7) is 1.48. The number of hydrogen-bond donors (Lipinski definition) is 2. The molecule has 158 valence electrons. The molecular weight excluding hydrogens is 412 g/mol. The van der Waals surface area contributed by atoms with Gasteiger partial charge >= 0.3 is 11.9 Å². The van der Waals surface area contributed by atoms with Gasteiger partial charge in [-0.2, -0.15) is 0 Å². The number of hydrogen-bond acceptors (Lipinski definition) is 6. The Balaban J connectivity index is 1.70. The van der Waals surface area contributed by atoms with E-state index in [2.05, 4.69) is 10.6 Å². The summed E-state index contributed by atoms with van der Waals surface area (Å²) in [5, 5.41) is 5.52. The van der Waals surface area contributed by atoms with Gasteiger partial charge < -0.3 is 20.1 Å². The first-order valence-electron chi connectivity index (χ1n) is 9.16. The lowest BCUT2D eigenvalue weighted by Crippen LogP contribution is -2.21. The van der Waals surface area contributed by atoms with Crippen molar-refractivity contribution in [2.45, 2.75) is 19.8 Å². The normalized spacial score (nSPS) is 10.1. The zero-order valence-electron chi connectivity index (χ0n) is 16.3. The van der Waals surface area contributed by atoms with Gasteiger partial charge in [0.25, 0.3) is 5.91 Å². The quantitative estimate of drug-likeness (QED) is 0.587. The summed E-state index contributed by atoms with van der Waals surface area (Å²) < 4.78 is 9.74. The Morgan fingerprint density at radius 1 is 0.867 bits per heavy atom. The predicted octanol–water partition coefficient (Wildman–Crippen LogP) is 3.42. The standard InChI is InChI=1S/C21H21ClN2O6/c1-2-29-21(28)14-7-9-15(10-8-14)23-19(26)13-30-20(27)12-11-18(25)24-17-6-4-3-5-16(17)22/h3-10H,2,11-13H2,1H3,(H,23,26)(H,24,25). The number of ether oxygens (including phenoxy) is 2. The number of rotatable bonds is 9. The smallest absolute Gasteiger partial charge is 0.338 e. The molecule has 0 atom stereocenters. The number of halogens is 1. The molecular formula is C21H21ClN2O6. The van der Waals surface area contributed by atoms with E-state index in [4.69, 9.17) is 21.1 Å². The summed E-state index contributed by atoms with van der Waals surface area (Å²) >= 11 is 5.95. The largest absolute Gasteiger partial charge is 0.462 e. The summed E-state index contributed by atoms with van der Waals surface area (Å²) in [5.41, 5.74) is 1.24. The highest BCUT2D eigenvalue weighted by Crippen LogP contribution is 2.20. The molecule has 30 heavy (non-hydrogen) atoms. The summed E-state index contributed by atoms with van der Waals surface area (Å²) in [6, 6.07) is 12.8. The zero-order chi connectivity index (χ0) is 21.9. The van der Waals surface area contributed by atoms with Crippen LogP contribution in [0.15, 0.2) is 48.5 Å². The SMILES string of the molecule is CCOC(=O)c1ccc(NC(=O)COC(=O)CCC(=O)Nc2ccccc2Cl)cc1. The number of benzene rings is 2. The van der Waals surface area contributed by atoms with E-state index in [1.165, 1.54) is 24.3 Å². The fourth-order valence-corrected chi connectivity index (χ4v) is 2.49. The summed E-state index contributed by atoms with van der Waals surface area (Å²) in [6.07, 6.45) is -0.293. The number of anilines is 2. The summed E-state index contributed by atoms with van der Waals surface area (Å²) in [5.74, 6) is -2.08. The number of esters is 2. The summed E-state index contributed by atoms with van der Waals surface area (Å²) in [4.78, 5) is 47.1. The van der Waals surface area contributed by atoms with Gasteiger partial charge in [0.2, 0.25) is 5.91 Å². The maximum absolute atomic E-state index is 11.9. The first-order chi connectivity index (χ1) is 14.4. The van der Waals surface area contributed by atoms with Crippen LogP contribution in [0.25, 0.3) is 0 Å². The Morgan fingerprint density at radius 3 is 2.23 bits per heavy atom. The number of amides is 2. The highest BCUT2D eigenvalue weighted by Gasteiger charge is 2.12. The molecule has 0 heterocycles. The lowest BCUT2D eigenvalue weighted by molar-refractivity contribution is -0.147. The first-order valence-corrected chi connectivity index (χ1v) is 9.54. The van der Waals surface area contributed by atoms with Gasteiger partial charge in [-0.05, 0) is 43.3 Å². The molecule has 0 aromatic heterocycles. The molecule has 2 rings (SSSR count). The average Bonchev–Trinajstić information content (AvgIpc) is 2.73. The van der Waals surface area contributed by atoms with E-state index < -0.39 is 30.4 Å². The lowest BCUT2D eigenvalue weighted by atomic mass is 10.2. The van der Waals surface area contributed by atoms with E-state index in [0.29, 0.717) is 22.0 Å². The van der Waals surface area contributed by atoms with Gasteiger partial charge in [0, 0.05) is 12.1 Å².